The fourth-order valence-corrected chi connectivity index (χ4v) is 2.49. The third kappa shape index (κ3) is 2.07. The number of carboxylic acids is 1. The number of rotatable bonds is 2. The van der Waals surface area contributed by atoms with Gasteiger partial charge in [0.05, 0.1) is 12.2 Å². The van der Waals surface area contributed by atoms with Crippen molar-refractivity contribution in [2.75, 3.05) is 11.4 Å². The number of anilines is 1. The number of carbonyl (C=O) groups excluding carboxylic acids is 1. The smallest absolute Gasteiger partial charge is 0.308 e. The number of fused-ring (bicyclic) bond motifs is 1. The second-order valence-corrected chi connectivity index (χ2v) is 4.76. The van der Waals surface area contributed by atoms with Gasteiger partial charge in [-0.05, 0) is 30.2 Å². The molecule has 0 saturated heterocycles. The molecule has 1 aliphatic rings. The van der Waals surface area contributed by atoms with Crippen molar-refractivity contribution in [2.24, 2.45) is 5.92 Å². The van der Waals surface area contributed by atoms with Crippen LogP contribution in [-0.2, 0) is 11.2 Å². The monoisotopic (exact) mass is 271 g/mol. The molecular weight excluding hydrogens is 258 g/mol. The lowest BCUT2D eigenvalue weighted by Crippen LogP contribution is -2.42. The van der Waals surface area contributed by atoms with Crippen molar-refractivity contribution in [3.05, 3.63) is 54.0 Å². The van der Waals surface area contributed by atoms with Crippen LogP contribution in [0.25, 0.3) is 0 Å². The molecule has 1 amide bonds. The average molecular weight is 271 g/mol. The van der Waals surface area contributed by atoms with E-state index in [1.54, 1.807) is 12.1 Å². The Morgan fingerprint density at radius 2 is 2.00 bits per heavy atom. The Kier molecular flexibility index (Phi) is 3.02. The molecule has 0 radical (unpaired) electrons. The molecule has 1 unspecified atom stereocenters. The van der Waals surface area contributed by atoms with E-state index >= 15 is 0 Å². The van der Waals surface area contributed by atoms with Gasteiger partial charge in [-0.15, -0.1) is 0 Å². The molecule has 3 rings (SSSR count). The maximum atomic E-state index is 12.4. The summed E-state index contributed by atoms with van der Waals surface area (Å²) >= 11 is 0. The van der Waals surface area contributed by atoms with Gasteiger partial charge in [0.15, 0.2) is 5.76 Å². The zero-order valence-electron chi connectivity index (χ0n) is 10.7. The number of hydrogen-bond donors (Lipinski definition) is 1. The number of aliphatic carboxylic acids is 1. The maximum absolute atomic E-state index is 12.4. The first-order valence-electron chi connectivity index (χ1n) is 6.33. The van der Waals surface area contributed by atoms with E-state index in [9.17, 15) is 14.7 Å². The molecule has 0 saturated carbocycles. The lowest BCUT2D eigenvalue weighted by Gasteiger charge is -2.32. The van der Waals surface area contributed by atoms with E-state index in [0.717, 1.165) is 11.3 Å². The normalized spacial score (nSPS) is 17.6. The third-order valence-electron chi connectivity index (χ3n) is 3.48. The highest BCUT2D eigenvalue weighted by atomic mass is 16.4. The molecule has 0 aliphatic carbocycles. The molecule has 0 spiro atoms. The first-order valence-corrected chi connectivity index (χ1v) is 6.33. The molecule has 1 aromatic carbocycles. The highest BCUT2D eigenvalue weighted by Gasteiger charge is 2.33. The standard InChI is InChI=1S/C15H13NO4/c17-14(13-6-3-7-20-13)16-9-11(15(18)19)8-10-4-1-2-5-12(10)16/h1-7,11H,8-9H2,(H,18,19). The Bertz CT molecular complexity index is 648. The molecule has 1 aromatic heterocycles. The predicted octanol–water partition coefficient (Wildman–Crippen LogP) is 2.18. The largest absolute Gasteiger partial charge is 0.481 e. The van der Waals surface area contributed by atoms with E-state index in [1.807, 2.05) is 24.3 Å². The Morgan fingerprint density at radius 3 is 2.70 bits per heavy atom. The molecule has 5 heteroatoms. The minimum Gasteiger partial charge on any atom is -0.481 e. The van der Waals surface area contributed by atoms with Gasteiger partial charge in [-0.25, -0.2) is 0 Å². The highest BCUT2D eigenvalue weighted by Crippen LogP contribution is 2.30. The lowest BCUT2D eigenvalue weighted by atomic mass is 9.92. The topological polar surface area (TPSA) is 70.8 Å². The Balaban J connectivity index is 2.01. The summed E-state index contributed by atoms with van der Waals surface area (Å²) in [6.07, 6.45) is 1.87. The van der Waals surface area contributed by atoms with Gasteiger partial charge in [-0.2, -0.15) is 0 Å². The molecule has 2 heterocycles. The van der Waals surface area contributed by atoms with Crippen LogP contribution in [0.15, 0.2) is 47.1 Å². The number of carboxylic acid groups (broad SMARTS) is 1. The zero-order chi connectivity index (χ0) is 14.1. The van der Waals surface area contributed by atoms with Crippen LogP contribution in [0.1, 0.15) is 16.1 Å². The van der Waals surface area contributed by atoms with Crippen LogP contribution < -0.4 is 4.90 Å². The molecule has 0 fully saturated rings. The van der Waals surface area contributed by atoms with Crippen LogP contribution in [0.5, 0.6) is 0 Å². The Hall–Kier alpha value is -2.56. The number of furan rings is 1. The van der Waals surface area contributed by atoms with Crippen molar-refractivity contribution in [3.63, 3.8) is 0 Å². The number of benzene rings is 1. The molecule has 1 aliphatic heterocycles. The zero-order valence-corrected chi connectivity index (χ0v) is 10.7. The first kappa shape index (κ1) is 12.5. The van der Waals surface area contributed by atoms with Crippen LogP contribution in [0.2, 0.25) is 0 Å². The molecule has 1 N–H and O–H groups in total. The van der Waals surface area contributed by atoms with Crippen LogP contribution >= 0.6 is 0 Å². The van der Waals surface area contributed by atoms with E-state index < -0.39 is 11.9 Å². The predicted molar refractivity (Wildman–Crippen MR) is 71.7 cm³/mol. The molecule has 1 atom stereocenters. The Morgan fingerprint density at radius 1 is 1.20 bits per heavy atom. The minimum atomic E-state index is -0.892. The average Bonchev–Trinajstić information content (AvgIpc) is 2.99. The molecule has 0 bridgehead atoms. The van der Waals surface area contributed by atoms with Gasteiger partial charge >= 0.3 is 5.97 Å². The minimum absolute atomic E-state index is 0.159. The van der Waals surface area contributed by atoms with Gasteiger partial charge in [0.2, 0.25) is 0 Å². The number of nitrogens with zero attached hydrogens (tertiary/aromatic N) is 1. The van der Waals surface area contributed by atoms with Gasteiger partial charge in [0, 0.05) is 12.2 Å². The second-order valence-electron chi connectivity index (χ2n) is 4.76. The summed E-state index contributed by atoms with van der Waals surface area (Å²) in [4.78, 5) is 25.2. The fourth-order valence-electron chi connectivity index (χ4n) is 2.49. The number of para-hydroxylation sites is 1. The van der Waals surface area contributed by atoms with E-state index in [4.69, 9.17) is 4.42 Å². The number of carbonyl (C=O) groups is 2. The van der Waals surface area contributed by atoms with Gasteiger partial charge in [-0.1, -0.05) is 18.2 Å². The van der Waals surface area contributed by atoms with E-state index in [0.29, 0.717) is 6.42 Å². The van der Waals surface area contributed by atoms with Gasteiger partial charge in [-0.3, -0.25) is 9.59 Å². The van der Waals surface area contributed by atoms with Crippen molar-refractivity contribution in [3.8, 4) is 0 Å². The summed E-state index contributed by atoms with van der Waals surface area (Å²) in [6.45, 7) is 0.159. The summed E-state index contributed by atoms with van der Waals surface area (Å²) in [5.41, 5.74) is 1.62. The number of amides is 1. The molecular formula is C15H13NO4. The van der Waals surface area contributed by atoms with Crippen molar-refractivity contribution in [2.45, 2.75) is 6.42 Å². The van der Waals surface area contributed by atoms with Gasteiger partial charge in [0.25, 0.3) is 5.91 Å². The van der Waals surface area contributed by atoms with Crippen molar-refractivity contribution in [1.29, 1.82) is 0 Å². The fraction of sp³-hybridized carbons (Fsp3) is 0.200. The molecule has 2 aromatic rings. The highest BCUT2D eigenvalue weighted by molar-refractivity contribution is 6.05. The summed E-state index contributed by atoms with van der Waals surface area (Å²) < 4.78 is 5.12. The number of hydrogen-bond acceptors (Lipinski definition) is 3. The summed E-state index contributed by atoms with van der Waals surface area (Å²) in [5, 5.41) is 9.23. The van der Waals surface area contributed by atoms with E-state index in [-0.39, 0.29) is 18.2 Å². The molecule has 102 valence electrons. The lowest BCUT2D eigenvalue weighted by molar-refractivity contribution is -0.141. The summed E-state index contributed by atoms with van der Waals surface area (Å²) in [5.74, 6) is -1.58. The van der Waals surface area contributed by atoms with Gasteiger partial charge < -0.3 is 14.4 Å². The Labute approximate surface area is 115 Å². The van der Waals surface area contributed by atoms with Crippen LogP contribution in [0, 0.1) is 5.92 Å². The third-order valence-corrected chi connectivity index (χ3v) is 3.48. The molecule has 5 nitrogen and oxygen atoms in total. The first-order chi connectivity index (χ1) is 9.66. The SMILES string of the molecule is O=C(O)C1Cc2ccccc2N(C(=O)c2ccco2)C1. The van der Waals surface area contributed by atoms with Crippen molar-refractivity contribution in [1.82, 2.24) is 0 Å². The van der Waals surface area contributed by atoms with Crippen LogP contribution in [0.4, 0.5) is 5.69 Å². The second kappa shape index (κ2) is 4.85. The maximum Gasteiger partial charge on any atom is 0.308 e. The van der Waals surface area contributed by atoms with Gasteiger partial charge in [0.1, 0.15) is 0 Å². The van der Waals surface area contributed by atoms with Crippen LogP contribution in [0.3, 0.4) is 0 Å². The van der Waals surface area contributed by atoms with Crippen LogP contribution in [-0.4, -0.2) is 23.5 Å². The van der Waals surface area contributed by atoms with E-state index in [2.05, 4.69) is 0 Å². The van der Waals surface area contributed by atoms with Crippen molar-refractivity contribution >= 4 is 17.6 Å². The quantitative estimate of drug-likeness (QED) is 0.908. The summed E-state index contributed by atoms with van der Waals surface area (Å²) in [6, 6.07) is 10.6. The summed E-state index contributed by atoms with van der Waals surface area (Å²) in [7, 11) is 0. The van der Waals surface area contributed by atoms with Crippen molar-refractivity contribution < 1.29 is 19.1 Å². The molecule has 20 heavy (non-hydrogen) atoms. The van der Waals surface area contributed by atoms with E-state index in [1.165, 1.54) is 11.2 Å².